The summed E-state index contributed by atoms with van der Waals surface area (Å²) in [7, 11) is 1.38. The molecule has 0 bridgehead atoms. The molecule has 1 atom stereocenters. The van der Waals surface area contributed by atoms with Gasteiger partial charge in [0.1, 0.15) is 0 Å². The maximum absolute atomic E-state index is 13.1. The summed E-state index contributed by atoms with van der Waals surface area (Å²) in [6, 6.07) is 7.67. The van der Waals surface area contributed by atoms with Crippen molar-refractivity contribution in [3.05, 3.63) is 36.7 Å². The van der Waals surface area contributed by atoms with Crippen LogP contribution in [-0.2, 0) is 14.3 Å². The lowest BCUT2D eigenvalue weighted by Crippen LogP contribution is -2.26. The molecule has 0 saturated carbocycles. The van der Waals surface area contributed by atoms with E-state index in [4.69, 9.17) is 4.74 Å². The smallest absolute Gasteiger partial charge is 0.306 e. The third-order valence-corrected chi connectivity index (χ3v) is 7.11. The predicted molar refractivity (Wildman–Crippen MR) is 150 cm³/mol. The number of fused-ring (bicyclic) bond motifs is 1. The number of nitrogens with one attached hydrogen (secondary N) is 1. The minimum atomic E-state index is -0.378. The SMILES string of the molecule is CCCCCCCCCCCCCCCCCC(CC(=O)OC)C(=O)Nc1cccc2cnccc12. The van der Waals surface area contributed by atoms with Gasteiger partial charge in [0.25, 0.3) is 0 Å². The summed E-state index contributed by atoms with van der Waals surface area (Å²) in [4.78, 5) is 29.1. The van der Waals surface area contributed by atoms with Crippen LogP contribution < -0.4 is 5.32 Å². The van der Waals surface area contributed by atoms with Gasteiger partial charge in [-0.25, -0.2) is 0 Å². The molecule has 5 heteroatoms. The number of aromatic nitrogens is 1. The molecule has 1 N–H and O–H groups in total. The molecule has 0 aliphatic rings. The number of esters is 1. The minimum absolute atomic E-state index is 0.116. The molecule has 1 aromatic carbocycles. The van der Waals surface area contributed by atoms with Crippen LogP contribution in [0.4, 0.5) is 5.69 Å². The van der Waals surface area contributed by atoms with E-state index in [1.54, 1.807) is 12.4 Å². The third-order valence-electron chi connectivity index (χ3n) is 7.11. The average molecular weight is 497 g/mol. The molecule has 2 aromatic rings. The van der Waals surface area contributed by atoms with Gasteiger partial charge in [-0.05, 0) is 18.6 Å². The highest BCUT2D eigenvalue weighted by Crippen LogP contribution is 2.25. The van der Waals surface area contributed by atoms with Gasteiger partial charge < -0.3 is 10.1 Å². The largest absolute Gasteiger partial charge is 0.469 e. The van der Waals surface area contributed by atoms with Crippen LogP contribution in [0.25, 0.3) is 10.8 Å². The highest BCUT2D eigenvalue weighted by atomic mass is 16.5. The molecule has 1 amide bonds. The van der Waals surface area contributed by atoms with E-state index in [2.05, 4.69) is 17.2 Å². The number of methoxy groups -OCH3 is 1. The number of carbonyl (C=O) groups is 2. The first-order valence-electron chi connectivity index (χ1n) is 14.4. The molecule has 1 unspecified atom stereocenters. The van der Waals surface area contributed by atoms with Crippen LogP contribution >= 0.6 is 0 Å². The summed E-state index contributed by atoms with van der Waals surface area (Å²) in [5.41, 5.74) is 0.756. The maximum atomic E-state index is 13.1. The first-order chi connectivity index (χ1) is 17.7. The quantitative estimate of drug-likeness (QED) is 0.147. The zero-order chi connectivity index (χ0) is 25.8. The molecule has 36 heavy (non-hydrogen) atoms. The molecule has 1 heterocycles. The zero-order valence-electron chi connectivity index (χ0n) is 22.7. The van der Waals surface area contributed by atoms with Gasteiger partial charge in [0.15, 0.2) is 0 Å². The van der Waals surface area contributed by atoms with Crippen molar-refractivity contribution in [2.24, 2.45) is 5.92 Å². The standard InChI is InChI=1S/C31H48N2O3/c1-3-4-5-6-7-8-9-10-11-12-13-14-15-16-17-19-26(24-30(34)36-2)31(35)33-29-21-18-20-27-25-32-23-22-28(27)29/h18,20-23,25-26H,3-17,19,24H2,1-2H3,(H,33,35). The summed E-state index contributed by atoms with van der Waals surface area (Å²) in [6.45, 7) is 2.27. The number of rotatable bonds is 20. The third kappa shape index (κ3) is 12.0. The molecule has 5 nitrogen and oxygen atoms in total. The van der Waals surface area contributed by atoms with Crippen LogP contribution in [0.5, 0.6) is 0 Å². The number of anilines is 1. The van der Waals surface area contributed by atoms with Crippen LogP contribution in [0, 0.1) is 5.92 Å². The molecular weight excluding hydrogens is 448 g/mol. The van der Waals surface area contributed by atoms with Crippen molar-refractivity contribution >= 4 is 28.3 Å². The molecule has 0 radical (unpaired) electrons. The number of benzene rings is 1. The lowest BCUT2D eigenvalue weighted by molar-refractivity contribution is -0.143. The van der Waals surface area contributed by atoms with Crippen molar-refractivity contribution in [1.82, 2.24) is 4.98 Å². The topological polar surface area (TPSA) is 68.3 Å². The molecule has 0 fully saturated rings. The van der Waals surface area contributed by atoms with Crippen LogP contribution in [0.2, 0.25) is 0 Å². The number of carbonyl (C=O) groups excluding carboxylic acids is 2. The number of nitrogens with zero attached hydrogens (tertiary/aromatic N) is 1. The van der Waals surface area contributed by atoms with Gasteiger partial charge in [-0.15, -0.1) is 0 Å². The number of amides is 1. The summed E-state index contributed by atoms with van der Waals surface area (Å²) in [6.07, 6.45) is 24.0. The van der Waals surface area contributed by atoms with E-state index in [1.807, 2.05) is 24.3 Å². The molecular formula is C31H48N2O3. The van der Waals surface area contributed by atoms with Gasteiger partial charge in [-0.1, -0.05) is 115 Å². The lowest BCUT2D eigenvalue weighted by Gasteiger charge is -2.17. The first kappa shape index (κ1) is 29.8. The van der Waals surface area contributed by atoms with Crippen molar-refractivity contribution in [2.45, 2.75) is 116 Å². The Balaban J connectivity index is 1.62. The van der Waals surface area contributed by atoms with E-state index < -0.39 is 0 Å². The van der Waals surface area contributed by atoms with Crippen molar-refractivity contribution in [1.29, 1.82) is 0 Å². The van der Waals surface area contributed by atoms with Gasteiger partial charge in [-0.3, -0.25) is 14.6 Å². The Morgan fingerprint density at radius 1 is 0.833 bits per heavy atom. The second kappa shape index (κ2) is 18.8. The van der Waals surface area contributed by atoms with E-state index >= 15 is 0 Å². The Hall–Kier alpha value is -2.43. The number of unbranched alkanes of at least 4 members (excludes halogenated alkanes) is 14. The Labute approximate surface area is 218 Å². The molecule has 0 saturated heterocycles. The molecule has 0 aliphatic carbocycles. The van der Waals surface area contributed by atoms with E-state index in [0.717, 1.165) is 29.3 Å². The lowest BCUT2D eigenvalue weighted by atomic mass is 9.95. The molecule has 0 aliphatic heterocycles. The van der Waals surface area contributed by atoms with Crippen LogP contribution in [0.3, 0.4) is 0 Å². The summed E-state index contributed by atoms with van der Waals surface area (Å²) < 4.78 is 4.85. The van der Waals surface area contributed by atoms with E-state index in [1.165, 1.54) is 90.6 Å². The highest BCUT2D eigenvalue weighted by Gasteiger charge is 2.22. The fourth-order valence-electron chi connectivity index (χ4n) is 4.84. The molecule has 200 valence electrons. The second-order valence-electron chi connectivity index (χ2n) is 10.1. The van der Waals surface area contributed by atoms with Gasteiger partial charge in [0.2, 0.25) is 5.91 Å². The summed E-state index contributed by atoms with van der Waals surface area (Å²) >= 11 is 0. The molecule has 2 rings (SSSR count). The van der Waals surface area contributed by atoms with Crippen LogP contribution in [-0.4, -0.2) is 24.0 Å². The fourth-order valence-corrected chi connectivity index (χ4v) is 4.84. The Bertz CT molecular complexity index is 878. The normalized spacial score (nSPS) is 11.9. The number of hydrogen-bond acceptors (Lipinski definition) is 4. The van der Waals surface area contributed by atoms with Crippen molar-refractivity contribution in [3.8, 4) is 0 Å². The Morgan fingerprint density at radius 2 is 1.42 bits per heavy atom. The van der Waals surface area contributed by atoms with Crippen molar-refractivity contribution in [3.63, 3.8) is 0 Å². The minimum Gasteiger partial charge on any atom is -0.469 e. The van der Waals surface area contributed by atoms with E-state index in [0.29, 0.717) is 6.42 Å². The number of ether oxygens (including phenoxy) is 1. The number of pyridine rings is 1. The molecule has 0 spiro atoms. The van der Waals surface area contributed by atoms with Crippen molar-refractivity contribution in [2.75, 3.05) is 12.4 Å². The Kier molecular flexibility index (Phi) is 15.5. The van der Waals surface area contributed by atoms with Crippen LogP contribution in [0.15, 0.2) is 36.7 Å². The van der Waals surface area contributed by atoms with E-state index in [9.17, 15) is 9.59 Å². The van der Waals surface area contributed by atoms with Gasteiger partial charge in [0, 0.05) is 34.8 Å². The van der Waals surface area contributed by atoms with Gasteiger partial charge >= 0.3 is 5.97 Å². The average Bonchev–Trinajstić information content (AvgIpc) is 2.90. The summed E-state index contributed by atoms with van der Waals surface area (Å²) in [5.74, 6) is -0.829. The first-order valence-corrected chi connectivity index (χ1v) is 14.4. The monoisotopic (exact) mass is 496 g/mol. The van der Waals surface area contributed by atoms with Crippen molar-refractivity contribution < 1.29 is 14.3 Å². The second-order valence-corrected chi connectivity index (χ2v) is 10.1. The highest BCUT2D eigenvalue weighted by molar-refractivity contribution is 6.03. The Morgan fingerprint density at radius 3 is 2.00 bits per heavy atom. The van der Waals surface area contributed by atoms with Gasteiger partial charge in [-0.2, -0.15) is 0 Å². The predicted octanol–water partition coefficient (Wildman–Crippen LogP) is 8.61. The fraction of sp³-hybridized carbons (Fsp3) is 0.645. The van der Waals surface area contributed by atoms with Crippen LogP contribution in [0.1, 0.15) is 116 Å². The maximum Gasteiger partial charge on any atom is 0.306 e. The van der Waals surface area contributed by atoms with Gasteiger partial charge in [0.05, 0.1) is 13.5 Å². The summed E-state index contributed by atoms with van der Waals surface area (Å²) in [5, 5.41) is 4.97. The van der Waals surface area contributed by atoms with E-state index in [-0.39, 0.29) is 24.2 Å². The molecule has 1 aromatic heterocycles. The zero-order valence-corrected chi connectivity index (χ0v) is 22.7. The number of hydrogen-bond donors (Lipinski definition) is 1.